The number of fused-ring (bicyclic) bond motifs is 1. The Kier molecular flexibility index (Phi) is 4.32. The zero-order valence-corrected chi connectivity index (χ0v) is 14.0. The van der Waals surface area contributed by atoms with E-state index >= 15 is 0 Å². The molecule has 2 heterocycles. The third kappa shape index (κ3) is 2.86. The van der Waals surface area contributed by atoms with Crippen LogP contribution >= 0.6 is 27.5 Å². The lowest BCUT2D eigenvalue weighted by Crippen LogP contribution is -2.19. The van der Waals surface area contributed by atoms with Crippen molar-refractivity contribution in [3.05, 3.63) is 22.6 Å². The summed E-state index contributed by atoms with van der Waals surface area (Å²) in [4.78, 5) is 9.14. The van der Waals surface area contributed by atoms with Crippen molar-refractivity contribution in [3.8, 4) is 0 Å². The second-order valence-electron chi connectivity index (χ2n) is 5.91. The summed E-state index contributed by atoms with van der Waals surface area (Å²) < 4.78 is 3.18. The lowest BCUT2D eigenvalue weighted by Gasteiger charge is -2.27. The van der Waals surface area contributed by atoms with Crippen LogP contribution in [0.25, 0.3) is 11.2 Å². The van der Waals surface area contributed by atoms with Gasteiger partial charge in [0, 0.05) is 17.2 Å². The van der Waals surface area contributed by atoms with Crippen molar-refractivity contribution in [1.82, 2.24) is 14.5 Å². The molecule has 2 aromatic rings. The molecule has 2 atom stereocenters. The number of hydrogen-bond donors (Lipinski definition) is 0. The Balaban J connectivity index is 1.93. The minimum Gasteiger partial charge on any atom is -0.311 e. The fraction of sp³-hybridized carbons (Fsp3) is 0.600. The summed E-state index contributed by atoms with van der Waals surface area (Å²) in [6, 6.07) is 2.01. The Hall–Kier alpha value is -0.610. The van der Waals surface area contributed by atoms with Crippen LogP contribution in [0.3, 0.4) is 0 Å². The average molecular weight is 357 g/mol. The topological polar surface area (TPSA) is 30.7 Å². The highest BCUT2D eigenvalue weighted by Gasteiger charge is 2.21. The number of hydrogen-bond acceptors (Lipinski definition) is 2. The van der Waals surface area contributed by atoms with Crippen LogP contribution < -0.4 is 0 Å². The number of halogens is 2. The molecule has 1 saturated carbocycles. The molecule has 0 N–H and O–H groups in total. The van der Waals surface area contributed by atoms with Gasteiger partial charge in [0.05, 0.1) is 5.88 Å². The van der Waals surface area contributed by atoms with Crippen LogP contribution in [-0.4, -0.2) is 14.5 Å². The number of nitrogens with zero attached hydrogens (tertiary/aromatic N) is 3. The van der Waals surface area contributed by atoms with E-state index in [0.29, 0.717) is 5.88 Å². The molecule has 2 unspecified atom stereocenters. The SMILES string of the molecule is CC1CCCC(Cn2c(CCl)nc3cc(Br)cnc32)C1. The third-order valence-electron chi connectivity index (χ3n) is 4.24. The van der Waals surface area contributed by atoms with Gasteiger partial charge in [-0.1, -0.05) is 19.8 Å². The summed E-state index contributed by atoms with van der Waals surface area (Å²) in [5, 5.41) is 0. The van der Waals surface area contributed by atoms with Crippen molar-refractivity contribution in [1.29, 1.82) is 0 Å². The smallest absolute Gasteiger partial charge is 0.160 e. The highest BCUT2D eigenvalue weighted by atomic mass is 79.9. The molecule has 0 aromatic carbocycles. The molecule has 1 aliphatic rings. The first kappa shape index (κ1) is 14.3. The summed E-state index contributed by atoms with van der Waals surface area (Å²) in [5.74, 6) is 2.94. The highest BCUT2D eigenvalue weighted by Crippen LogP contribution is 2.31. The van der Waals surface area contributed by atoms with E-state index in [1.54, 1.807) is 0 Å². The molecule has 1 aliphatic carbocycles. The summed E-state index contributed by atoms with van der Waals surface area (Å²) >= 11 is 9.52. The number of rotatable bonds is 3. The molecule has 0 aliphatic heterocycles. The minimum absolute atomic E-state index is 0.441. The normalized spacial score (nSPS) is 23.4. The molecular formula is C15H19BrClN3. The van der Waals surface area contributed by atoms with Crippen LogP contribution in [0, 0.1) is 11.8 Å². The van der Waals surface area contributed by atoms with E-state index in [9.17, 15) is 0 Å². The van der Waals surface area contributed by atoms with Crippen LogP contribution in [0.5, 0.6) is 0 Å². The van der Waals surface area contributed by atoms with Gasteiger partial charge in [0.2, 0.25) is 0 Å². The van der Waals surface area contributed by atoms with Crippen molar-refractivity contribution in [2.45, 2.75) is 45.0 Å². The molecule has 5 heteroatoms. The quantitative estimate of drug-likeness (QED) is 0.742. The zero-order valence-electron chi connectivity index (χ0n) is 11.6. The molecule has 3 nitrogen and oxygen atoms in total. The molecule has 3 rings (SSSR count). The average Bonchev–Trinajstić information content (AvgIpc) is 2.76. The lowest BCUT2D eigenvalue weighted by molar-refractivity contribution is 0.257. The van der Waals surface area contributed by atoms with E-state index in [-0.39, 0.29) is 0 Å². The standard InChI is InChI=1S/C15H19BrClN3/c1-10-3-2-4-11(5-10)9-20-14(7-17)19-13-6-12(16)8-18-15(13)20/h6,8,10-11H,2-5,7,9H2,1H3. The lowest BCUT2D eigenvalue weighted by atomic mass is 9.82. The van der Waals surface area contributed by atoms with Gasteiger partial charge < -0.3 is 4.57 Å². The van der Waals surface area contributed by atoms with Gasteiger partial charge in [0.1, 0.15) is 11.3 Å². The molecule has 20 heavy (non-hydrogen) atoms. The van der Waals surface area contributed by atoms with E-state index in [2.05, 4.69) is 37.4 Å². The number of aromatic nitrogens is 3. The highest BCUT2D eigenvalue weighted by molar-refractivity contribution is 9.10. The van der Waals surface area contributed by atoms with Gasteiger partial charge >= 0.3 is 0 Å². The molecule has 108 valence electrons. The maximum atomic E-state index is 6.07. The van der Waals surface area contributed by atoms with E-state index in [4.69, 9.17) is 11.6 Å². The van der Waals surface area contributed by atoms with Crippen LogP contribution in [-0.2, 0) is 12.4 Å². The predicted molar refractivity (Wildman–Crippen MR) is 85.9 cm³/mol. The second kappa shape index (κ2) is 6.02. The molecular weight excluding hydrogens is 338 g/mol. The third-order valence-corrected chi connectivity index (χ3v) is 4.91. The fourth-order valence-corrected chi connectivity index (χ4v) is 3.83. The molecule has 1 fully saturated rings. The maximum Gasteiger partial charge on any atom is 0.160 e. The second-order valence-corrected chi connectivity index (χ2v) is 7.09. The van der Waals surface area contributed by atoms with E-state index < -0.39 is 0 Å². The van der Waals surface area contributed by atoms with Crippen molar-refractivity contribution in [2.24, 2.45) is 11.8 Å². The molecule has 0 spiro atoms. The van der Waals surface area contributed by atoms with Crippen molar-refractivity contribution >= 4 is 38.7 Å². The predicted octanol–water partition coefficient (Wildman–Crippen LogP) is 4.76. The van der Waals surface area contributed by atoms with Gasteiger partial charge in [-0.15, -0.1) is 11.6 Å². The Morgan fingerprint density at radius 1 is 1.45 bits per heavy atom. The number of pyridine rings is 1. The largest absolute Gasteiger partial charge is 0.311 e. The monoisotopic (exact) mass is 355 g/mol. The van der Waals surface area contributed by atoms with Crippen molar-refractivity contribution in [2.75, 3.05) is 0 Å². The van der Waals surface area contributed by atoms with Gasteiger partial charge in [-0.05, 0) is 46.7 Å². The van der Waals surface area contributed by atoms with Gasteiger partial charge in [0.15, 0.2) is 5.65 Å². The summed E-state index contributed by atoms with van der Waals surface area (Å²) in [7, 11) is 0. The Morgan fingerprint density at radius 3 is 3.05 bits per heavy atom. The van der Waals surface area contributed by atoms with Crippen molar-refractivity contribution in [3.63, 3.8) is 0 Å². The van der Waals surface area contributed by atoms with Crippen LogP contribution in [0.15, 0.2) is 16.7 Å². The minimum atomic E-state index is 0.441. The van der Waals surface area contributed by atoms with Gasteiger partial charge in [-0.3, -0.25) is 0 Å². The first-order valence-corrected chi connectivity index (χ1v) is 8.56. The molecule has 2 aromatic heterocycles. The van der Waals surface area contributed by atoms with Gasteiger partial charge in [-0.25, -0.2) is 9.97 Å². The Labute approximate surface area is 132 Å². The van der Waals surface area contributed by atoms with Gasteiger partial charge in [-0.2, -0.15) is 0 Å². The number of alkyl halides is 1. The summed E-state index contributed by atoms with van der Waals surface area (Å²) in [6.07, 6.45) is 7.16. The summed E-state index contributed by atoms with van der Waals surface area (Å²) in [5.41, 5.74) is 1.89. The van der Waals surface area contributed by atoms with Gasteiger partial charge in [0.25, 0.3) is 0 Å². The summed E-state index contributed by atoms with van der Waals surface area (Å²) in [6.45, 7) is 3.35. The number of imidazole rings is 1. The van der Waals surface area contributed by atoms with Crippen LogP contribution in [0.2, 0.25) is 0 Å². The molecule has 0 saturated heterocycles. The van der Waals surface area contributed by atoms with Crippen molar-refractivity contribution < 1.29 is 0 Å². The molecule has 0 radical (unpaired) electrons. The maximum absolute atomic E-state index is 6.07. The molecule has 0 amide bonds. The molecule has 0 bridgehead atoms. The Morgan fingerprint density at radius 2 is 2.30 bits per heavy atom. The Bertz CT molecular complexity index is 610. The van der Waals surface area contributed by atoms with Crippen LogP contribution in [0.1, 0.15) is 38.4 Å². The zero-order chi connectivity index (χ0) is 14.1. The first-order valence-electron chi connectivity index (χ1n) is 7.24. The van der Waals surface area contributed by atoms with Crippen LogP contribution in [0.4, 0.5) is 0 Å². The van der Waals surface area contributed by atoms with E-state index in [1.807, 2.05) is 12.3 Å². The fourth-order valence-electron chi connectivity index (χ4n) is 3.31. The first-order chi connectivity index (χ1) is 9.67. The van der Waals surface area contributed by atoms with E-state index in [1.165, 1.54) is 25.7 Å². The van der Waals surface area contributed by atoms with E-state index in [0.717, 1.165) is 39.8 Å².